The van der Waals surface area contributed by atoms with Crippen molar-refractivity contribution in [1.29, 1.82) is 0 Å². The highest BCUT2D eigenvalue weighted by Crippen LogP contribution is 2.49. The maximum atomic E-state index is 5.98. The highest BCUT2D eigenvalue weighted by atomic mass is 79.9. The molecule has 14 heavy (non-hydrogen) atoms. The Bertz CT molecular complexity index is 332. The van der Waals surface area contributed by atoms with Crippen LogP contribution in [0.4, 0.5) is 0 Å². The van der Waals surface area contributed by atoms with E-state index < -0.39 is 0 Å². The molecule has 0 radical (unpaired) electrons. The molecule has 0 amide bonds. The smallest absolute Gasteiger partial charge is 0.0775 e. The van der Waals surface area contributed by atoms with E-state index in [1.165, 1.54) is 5.56 Å². The van der Waals surface area contributed by atoms with Crippen LogP contribution in [-0.4, -0.2) is 6.61 Å². The summed E-state index contributed by atoms with van der Waals surface area (Å²) in [6, 6.07) is 5.95. The van der Waals surface area contributed by atoms with Crippen molar-refractivity contribution < 1.29 is 4.84 Å². The van der Waals surface area contributed by atoms with E-state index in [4.69, 9.17) is 22.3 Å². The predicted molar refractivity (Wildman–Crippen MR) is 60.2 cm³/mol. The molecule has 76 valence electrons. The van der Waals surface area contributed by atoms with Crippen LogP contribution in [0.1, 0.15) is 18.4 Å². The fourth-order valence-corrected chi connectivity index (χ4v) is 2.55. The van der Waals surface area contributed by atoms with Crippen molar-refractivity contribution in [3.8, 4) is 0 Å². The fraction of sp³-hybridized carbons (Fsp3) is 0.400. The van der Waals surface area contributed by atoms with Gasteiger partial charge in [-0.15, -0.1) is 0 Å². The van der Waals surface area contributed by atoms with E-state index in [-0.39, 0.29) is 5.41 Å². The molecular weight excluding hydrogens is 265 g/mol. The lowest BCUT2D eigenvalue weighted by molar-refractivity contribution is 0.116. The molecule has 4 heteroatoms. The number of benzene rings is 1. The van der Waals surface area contributed by atoms with Crippen LogP contribution in [0, 0.1) is 0 Å². The topological polar surface area (TPSA) is 35.2 Å². The molecule has 2 rings (SSSR count). The quantitative estimate of drug-likeness (QED) is 0.861. The number of nitrogens with two attached hydrogens (primary N) is 1. The summed E-state index contributed by atoms with van der Waals surface area (Å²) in [4.78, 5) is 4.74. The maximum Gasteiger partial charge on any atom is 0.0775 e. The van der Waals surface area contributed by atoms with Gasteiger partial charge in [0.15, 0.2) is 0 Å². The standard InChI is InChI=1S/C10H11BrClNO/c11-8-3-7(4-9(12)5-8)10(1-2-10)6-14-13/h3-5H,1-2,6,13H2. The molecule has 0 bridgehead atoms. The molecule has 1 aromatic carbocycles. The van der Waals surface area contributed by atoms with Gasteiger partial charge in [-0.1, -0.05) is 27.5 Å². The van der Waals surface area contributed by atoms with Crippen molar-refractivity contribution >= 4 is 27.5 Å². The molecule has 0 saturated heterocycles. The molecule has 0 unspecified atom stereocenters. The van der Waals surface area contributed by atoms with Gasteiger partial charge in [0.25, 0.3) is 0 Å². The minimum atomic E-state index is 0.113. The highest BCUT2D eigenvalue weighted by Gasteiger charge is 2.44. The van der Waals surface area contributed by atoms with E-state index in [1.807, 2.05) is 12.1 Å². The van der Waals surface area contributed by atoms with Gasteiger partial charge >= 0.3 is 0 Å². The first-order valence-electron chi connectivity index (χ1n) is 4.45. The normalized spacial score (nSPS) is 18.2. The molecule has 0 atom stereocenters. The van der Waals surface area contributed by atoms with Crippen molar-refractivity contribution in [2.45, 2.75) is 18.3 Å². The van der Waals surface area contributed by atoms with Gasteiger partial charge in [0.05, 0.1) is 6.61 Å². The minimum absolute atomic E-state index is 0.113. The molecule has 1 saturated carbocycles. The van der Waals surface area contributed by atoms with Crippen molar-refractivity contribution in [1.82, 2.24) is 0 Å². The zero-order valence-corrected chi connectivity index (χ0v) is 9.94. The van der Waals surface area contributed by atoms with E-state index in [0.29, 0.717) is 6.61 Å². The third-order valence-corrected chi connectivity index (χ3v) is 3.36. The lowest BCUT2D eigenvalue weighted by Crippen LogP contribution is -2.18. The first kappa shape index (κ1) is 10.4. The summed E-state index contributed by atoms with van der Waals surface area (Å²) in [7, 11) is 0. The summed E-state index contributed by atoms with van der Waals surface area (Å²) in [6.45, 7) is 0.569. The number of hydrogen-bond acceptors (Lipinski definition) is 2. The highest BCUT2D eigenvalue weighted by molar-refractivity contribution is 9.10. The van der Waals surface area contributed by atoms with Gasteiger partial charge in [0.2, 0.25) is 0 Å². The molecular formula is C10H11BrClNO. The fourth-order valence-electron chi connectivity index (χ4n) is 1.69. The SMILES string of the molecule is NOCC1(c2cc(Cl)cc(Br)c2)CC1. The summed E-state index contributed by atoms with van der Waals surface area (Å²) in [5, 5.41) is 0.748. The van der Waals surface area contributed by atoms with E-state index in [9.17, 15) is 0 Å². The van der Waals surface area contributed by atoms with Gasteiger partial charge in [0.1, 0.15) is 0 Å². The largest absolute Gasteiger partial charge is 0.304 e. The number of rotatable bonds is 3. The summed E-state index contributed by atoms with van der Waals surface area (Å²) >= 11 is 9.41. The second-order valence-electron chi connectivity index (χ2n) is 3.75. The van der Waals surface area contributed by atoms with Gasteiger partial charge in [-0.25, -0.2) is 5.90 Å². The summed E-state index contributed by atoms with van der Waals surface area (Å²) in [5.41, 5.74) is 1.32. The molecule has 2 nitrogen and oxygen atoms in total. The van der Waals surface area contributed by atoms with Crippen molar-refractivity contribution in [3.05, 3.63) is 33.3 Å². The number of halogens is 2. The average molecular weight is 277 g/mol. The van der Waals surface area contributed by atoms with Crippen molar-refractivity contribution in [2.75, 3.05) is 6.61 Å². The Morgan fingerprint density at radius 1 is 1.43 bits per heavy atom. The average Bonchev–Trinajstić information content (AvgIpc) is 2.84. The maximum absolute atomic E-state index is 5.98. The van der Waals surface area contributed by atoms with Gasteiger partial charge < -0.3 is 4.84 Å². The van der Waals surface area contributed by atoms with Crippen LogP contribution in [0.3, 0.4) is 0 Å². The lowest BCUT2D eigenvalue weighted by atomic mass is 9.97. The zero-order chi connectivity index (χ0) is 10.2. The Labute approximate surface area is 96.5 Å². The monoisotopic (exact) mass is 275 g/mol. The molecule has 1 aromatic rings. The lowest BCUT2D eigenvalue weighted by Gasteiger charge is -2.14. The Morgan fingerprint density at radius 2 is 2.14 bits per heavy atom. The van der Waals surface area contributed by atoms with Gasteiger partial charge in [-0.3, -0.25) is 0 Å². The van der Waals surface area contributed by atoms with Crippen LogP contribution in [0.15, 0.2) is 22.7 Å². The number of hydrogen-bond donors (Lipinski definition) is 1. The third kappa shape index (κ3) is 1.96. The van der Waals surface area contributed by atoms with Gasteiger partial charge in [0, 0.05) is 14.9 Å². The van der Waals surface area contributed by atoms with E-state index in [1.54, 1.807) is 0 Å². The summed E-state index contributed by atoms with van der Waals surface area (Å²) in [6.07, 6.45) is 2.24. The molecule has 1 fully saturated rings. The Kier molecular flexibility index (Phi) is 2.84. The Hall–Kier alpha value is -0.0900. The third-order valence-electron chi connectivity index (χ3n) is 2.69. The van der Waals surface area contributed by atoms with Crippen molar-refractivity contribution in [2.24, 2.45) is 5.90 Å². The second kappa shape index (κ2) is 3.81. The minimum Gasteiger partial charge on any atom is -0.304 e. The van der Waals surface area contributed by atoms with Crippen LogP contribution in [-0.2, 0) is 10.3 Å². The van der Waals surface area contributed by atoms with Crippen LogP contribution in [0.2, 0.25) is 5.02 Å². The van der Waals surface area contributed by atoms with Crippen LogP contribution in [0.5, 0.6) is 0 Å². The van der Waals surface area contributed by atoms with E-state index in [0.717, 1.165) is 22.3 Å². The van der Waals surface area contributed by atoms with Crippen LogP contribution < -0.4 is 5.90 Å². The van der Waals surface area contributed by atoms with Crippen molar-refractivity contribution in [3.63, 3.8) is 0 Å². The van der Waals surface area contributed by atoms with Crippen LogP contribution >= 0.6 is 27.5 Å². The van der Waals surface area contributed by atoms with Gasteiger partial charge in [-0.2, -0.15) is 0 Å². The Balaban J connectivity index is 2.32. The molecule has 0 heterocycles. The van der Waals surface area contributed by atoms with E-state index in [2.05, 4.69) is 22.0 Å². The summed E-state index contributed by atoms with van der Waals surface area (Å²) < 4.78 is 1.00. The summed E-state index contributed by atoms with van der Waals surface area (Å²) in [5.74, 6) is 5.12. The molecule has 0 aliphatic heterocycles. The predicted octanol–water partition coefficient (Wildman–Crippen LogP) is 3.02. The zero-order valence-electron chi connectivity index (χ0n) is 7.59. The molecule has 1 aliphatic rings. The molecule has 0 spiro atoms. The van der Waals surface area contributed by atoms with Gasteiger partial charge in [-0.05, 0) is 36.6 Å². The van der Waals surface area contributed by atoms with E-state index >= 15 is 0 Å². The molecule has 1 aliphatic carbocycles. The second-order valence-corrected chi connectivity index (χ2v) is 5.10. The first-order valence-corrected chi connectivity index (χ1v) is 5.62. The van der Waals surface area contributed by atoms with Crippen LogP contribution in [0.25, 0.3) is 0 Å². The first-order chi connectivity index (χ1) is 6.66. The molecule has 2 N–H and O–H groups in total. The molecule has 0 aromatic heterocycles. The Morgan fingerprint density at radius 3 is 2.64 bits per heavy atom.